The van der Waals surface area contributed by atoms with E-state index >= 15 is 0 Å². The van der Waals surface area contributed by atoms with E-state index in [2.05, 4.69) is 11.2 Å². The fraction of sp³-hybridized carbons (Fsp3) is 0.500. The number of nitrogens with one attached hydrogen (secondary N) is 1. The van der Waals surface area contributed by atoms with Crippen molar-refractivity contribution in [3.63, 3.8) is 0 Å². The molecule has 0 saturated heterocycles. The van der Waals surface area contributed by atoms with E-state index in [1.54, 1.807) is 6.92 Å². The van der Waals surface area contributed by atoms with Gasteiger partial charge in [0.15, 0.2) is 0 Å². The van der Waals surface area contributed by atoms with Gasteiger partial charge in [-0.15, -0.1) is 18.0 Å². The monoisotopic (exact) mass is 145 g/mol. The van der Waals surface area contributed by atoms with Gasteiger partial charge in [-0.2, -0.15) is 0 Å². The van der Waals surface area contributed by atoms with E-state index in [0.717, 1.165) is 0 Å². The van der Waals surface area contributed by atoms with Gasteiger partial charge in [0.1, 0.15) is 5.38 Å². The second-order valence-electron chi connectivity index (χ2n) is 1.54. The molecule has 1 atom stereocenters. The zero-order valence-electron chi connectivity index (χ0n) is 5.15. The van der Waals surface area contributed by atoms with Gasteiger partial charge in [-0.25, -0.2) is 0 Å². The van der Waals surface area contributed by atoms with Crippen LogP contribution in [0.1, 0.15) is 6.92 Å². The lowest BCUT2D eigenvalue weighted by atomic mass is 10.4. The first-order valence-corrected chi connectivity index (χ1v) is 2.97. The number of carbonyl (C=O) groups is 1. The Labute approximate surface area is 59.6 Å². The molecule has 0 saturated carbocycles. The van der Waals surface area contributed by atoms with Crippen molar-refractivity contribution in [1.29, 1.82) is 0 Å². The number of hydrogen-bond donors (Lipinski definition) is 1. The molecule has 0 bridgehead atoms. The molecule has 0 aromatic heterocycles. The quantitative estimate of drug-likeness (QED) is 0.441. The van der Waals surface area contributed by atoms with Crippen molar-refractivity contribution in [2.75, 3.05) is 6.54 Å². The van der Waals surface area contributed by atoms with Crippen molar-refractivity contribution >= 4 is 17.5 Å². The number of carbonyl (C=O) groups excluding carboxylic acids is 1. The van der Waals surface area contributed by atoms with Crippen molar-refractivity contribution in [2.24, 2.45) is 0 Å². The average molecular weight is 146 g/mol. The van der Waals surface area contributed by atoms with Gasteiger partial charge in [-0.3, -0.25) is 4.79 Å². The predicted octanol–water partition coefficient (Wildman–Crippen LogP) is 0.363. The van der Waals surface area contributed by atoms with E-state index in [0.29, 0.717) is 0 Å². The second kappa shape index (κ2) is 4.22. The number of hydrogen-bond acceptors (Lipinski definition) is 1. The largest absolute Gasteiger partial charge is 0.344 e. The van der Waals surface area contributed by atoms with Crippen LogP contribution in [-0.4, -0.2) is 17.8 Å². The van der Waals surface area contributed by atoms with E-state index in [9.17, 15) is 4.79 Å². The Balaban J connectivity index is 3.42. The summed E-state index contributed by atoms with van der Waals surface area (Å²) in [5, 5.41) is 1.92. The third kappa shape index (κ3) is 3.87. The lowest BCUT2D eigenvalue weighted by molar-refractivity contribution is -0.120. The molecular formula is C6H8ClNO. The maximum Gasteiger partial charge on any atom is 0.238 e. The number of amides is 1. The Morgan fingerprint density at radius 3 is 2.89 bits per heavy atom. The minimum absolute atomic E-state index is 0.227. The zero-order chi connectivity index (χ0) is 7.28. The Bertz CT molecular complexity index is 136. The fourth-order valence-electron chi connectivity index (χ4n) is 0.279. The van der Waals surface area contributed by atoms with Crippen LogP contribution >= 0.6 is 11.6 Å². The first kappa shape index (κ1) is 8.32. The van der Waals surface area contributed by atoms with Gasteiger partial charge >= 0.3 is 0 Å². The molecule has 0 fully saturated rings. The molecule has 0 aliphatic heterocycles. The van der Waals surface area contributed by atoms with Crippen molar-refractivity contribution in [2.45, 2.75) is 12.3 Å². The molecule has 50 valence electrons. The highest BCUT2D eigenvalue weighted by molar-refractivity contribution is 6.30. The maximum absolute atomic E-state index is 10.6. The molecule has 0 spiro atoms. The Kier molecular flexibility index (Phi) is 3.90. The highest BCUT2D eigenvalue weighted by Crippen LogP contribution is 1.90. The van der Waals surface area contributed by atoms with Crippen LogP contribution in [0, 0.1) is 12.3 Å². The summed E-state index contributed by atoms with van der Waals surface area (Å²) in [5.41, 5.74) is 0. The second-order valence-corrected chi connectivity index (χ2v) is 2.19. The summed E-state index contributed by atoms with van der Waals surface area (Å²) in [6, 6.07) is 0. The number of alkyl halides is 1. The van der Waals surface area contributed by atoms with E-state index < -0.39 is 5.38 Å². The number of halogens is 1. The third-order valence-corrected chi connectivity index (χ3v) is 0.924. The van der Waals surface area contributed by atoms with Crippen LogP contribution < -0.4 is 5.32 Å². The molecule has 0 aliphatic carbocycles. The van der Waals surface area contributed by atoms with Gasteiger partial charge in [0.2, 0.25) is 5.91 Å². The van der Waals surface area contributed by atoms with Gasteiger partial charge < -0.3 is 5.32 Å². The van der Waals surface area contributed by atoms with Crippen molar-refractivity contribution < 1.29 is 4.79 Å². The Hall–Kier alpha value is -0.680. The summed E-state index contributed by atoms with van der Waals surface area (Å²) in [5.74, 6) is 2.04. The molecule has 0 unspecified atom stereocenters. The highest BCUT2D eigenvalue weighted by atomic mass is 35.5. The highest BCUT2D eigenvalue weighted by Gasteiger charge is 2.05. The van der Waals surface area contributed by atoms with Crippen molar-refractivity contribution in [3.05, 3.63) is 0 Å². The molecule has 3 heteroatoms. The van der Waals surface area contributed by atoms with E-state index in [4.69, 9.17) is 18.0 Å². The van der Waals surface area contributed by atoms with Gasteiger partial charge in [0.05, 0.1) is 6.54 Å². The van der Waals surface area contributed by atoms with Crippen LogP contribution in [0.4, 0.5) is 0 Å². The van der Waals surface area contributed by atoms with Gasteiger partial charge in [0.25, 0.3) is 0 Å². The smallest absolute Gasteiger partial charge is 0.238 e. The maximum atomic E-state index is 10.6. The molecule has 0 aromatic rings. The van der Waals surface area contributed by atoms with Crippen LogP contribution in [0.5, 0.6) is 0 Å². The molecule has 0 heterocycles. The third-order valence-electron chi connectivity index (χ3n) is 0.726. The SMILES string of the molecule is C#CCNC(=O)[C@H](C)Cl. The summed E-state index contributed by atoms with van der Waals surface area (Å²) in [4.78, 5) is 10.6. The lowest BCUT2D eigenvalue weighted by Crippen LogP contribution is -2.29. The fourth-order valence-corrected chi connectivity index (χ4v) is 0.356. The van der Waals surface area contributed by atoms with E-state index in [1.165, 1.54) is 0 Å². The summed E-state index contributed by atoms with van der Waals surface area (Å²) in [7, 11) is 0. The normalized spacial score (nSPS) is 11.7. The molecule has 0 aliphatic rings. The summed E-state index contributed by atoms with van der Waals surface area (Å²) >= 11 is 5.38. The van der Waals surface area contributed by atoms with Crippen LogP contribution in [0.2, 0.25) is 0 Å². The van der Waals surface area contributed by atoms with Crippen LogP contribution in [0.25, 0.3) is 0 Å². The number of terminal acetylenes is 1. The molecule has 0 aromatic carbocycles. The van der Waals surface area contributed by atoms with Crippen LogP contribution in [0.15, 0.2) is 0 Å². The van der Waals surface area contributed by atoms with Gasteiger partial charge in [-0.05, 0) is 6.92 Å². The lowest BCUT2D eigenvalue weighted by Gasteiger charge is -2.00. The standard InChI is InChI=1S/C6H8ClNO/c1-3-4-8-6(9)5(2)7/h1,5H,4H2,2H3,(H,8,9)/t5-/m0/s1. The van der Waals surface area contributed by atoms with Gasteiger partial charge in [-0.1, -0.05) is 5.92 Å². The molecule has 1 amide bonds. The molecule has 9 heavy (non-hydrogen) atoms. The van der Waals surface area contributed by atoms with E-state index in [-0.39, 0.29) is 12.5 Å². The summed E-state index contributed by atoms with van der Waals surface area (Å²) in [6.45, 7) is 1.84. The minimum Gasteiger partial charge on any atom is -0.344 e. The predicted molar refractivity (Wildman–Crippen MR) is 37.2 cm³/mol. The Morgan fingerprint density at radius 2 is 2.56 bits per heavy atom. The van der Waals surface area contributed by atoms with Gasteiger partial charge in [0, 0.05) is 0 Å². The summed E-state index contributed by atoms with van der Waals surface area (Å²) in [6.07, 6.45) is 4.87. The molecular weight excluding hydrogens is 138 g/mol. The topological polar surface area (TPSA) is 29.1 Å². The molecule has 2 nitrogen and oxygen atoms in total. The van der Waals surface area contributed by atoms with E-state index in [1.807, 2.05) is 0 Å². The van der Waals surface area contributed by atoms with Crippen molar-refractivity contribution in [3.8, 4) is 12.3 Å². The van der Waals surface area contributed by atoms with Crippen LogP contribution in [0.3, 0.4) is 0 Å². The molecule has 1 N–H and O–H groups in total. The first-order chi connectivity index (χ1) is 4.18. The zero-order valence-corrected chi connectivity index (χ0v) is 5.90. The first-order valence-electron chi connectivity index (χ1n) is 2.53. The average Bonchev–Trinajstić information content (AvgIpc) is 1.82. The van der Waals surface area contributed by atoms with Crippen LogP contribution in [-0.2, 0) is 4.79 Å². The Morgan fingerprint density at radius 1 is 2.00 bits per heavy atom. The molecule has 0 rings (SSSR count). The minimum atomic E-state index is -0.502. The number of rotatable bonds is 2. The molecule has 0 radical (unpaired) electrons. The summed E-state index contributed by atoms with van der Waals surface area (Å²) < 4.78 is 0. The van der Waals surface area contributed by atoms with Crippen molar-refractivity contribution in [1.82, 2.24) is 5.32 Å².